The van der Waals surface area contributed by atoms with Gasteiger partial charge in [-0.3, -0.25) is 10.1 Å². The molecule has 0 spiro atoms. The minimum atomic E-state index is -0.378. The fourth-order valence-corrected chi connectivity index (χ4v) is 2.14. The molecule has 5 heteroatoms. The Morgan fingerprint density at radius 1 is 1.21 bits per heavy atom. The minimum Gasteiger partial charge on any atom is -0.488 e. The van der Waals surface area contributed by atoms with Gasteiger partial charge in [0.2, 0.25) is 0 Å². The van der Waals surface area contributed by atoms with Crippen LogP contribution in [-0.4, -0.2) is 4.92 Å². The maximum Gasteiger partial charge on any atom is 0.272 e. The molecule has 0 fully saturated rings. The molecule has 0 aliphatic rings. The van der Waals surface area contributed by atoms with Crippen LogP contribution in [0.2, 0.25) is 0 Å². The average molecular weight is 322 g/mol. The van der Waals surface area contributed by atoms with Crippen LogP contribution in [-0.2, 0) is 6.61 Å². The molecule has 98 valence electrons. The van der Waals surface area contributed by atoms with Gasteiger partial charge in [-0.1, -0.05) is 24.3 Å². The highest BCUT2D eigenvalue weighted by molar-refractivity contribution is 9.10. The van der Waals surface area contributed by atoms with Crippen molar-refractivity contribution < 1.29 is 9.66 Å². The first kappa shape index (κ1) is 13.5. The lowest BCUT2D eigenvalue weighted by Gasteiger charge is -2.10. The highest BCUT2D eigenvalue weighted by Crippen LogP contribution is 2.26. The van der Waals surface area contributed by atoms with Crippen molar-refractivity contribution >= 4 is 21.6 Å². The van der Waals surface area contributed by atoms with Crippen molar-refractivity contribution in [3.8, 4) is 5.75 Å². The molecule has 2 aromatic carbocycles. The summed E-state index contributed by atoms with van der Waals surface area (Å²) in [5.41, 5.74) is 1.57. The van der Waals surface area contributed by atoms with Gasteiger partial charge in [0, 0.05) is 11.6 Å². The number of halogens is 1. The first-order chi connectivity index (χ1) is 9.09. The molecule has 19 heavy (non-hydrogen) atoms. The Morgan fingerprint density at radius 2 is 1.95 bits per heavy atom. The molecule has 0 bridgehead atoms. The molecule has 4 nitrogen and oxygen atoms in total. The van der Waals surface area contributed by atoms with Crippen LogP contribution in [0.5, 0.6) is 5.75 Å². The number of ether oxygens (including phenoxy) is 1. The van der Waals surface area contributed by atoms with Crippen LogP contribution in [0.15, 0.2) is 46.9 Å². The molecule has 0 unspecified atom stereocenters. The Labute approximate surface area is 119 Å². The van der Waals surface area contributed by atoms with Crippen LogP contribution in [0.1, 0.15) is 11.1 Å². The standard InChI is InChI=1S/C14H12BrNO3/c1-10-11(5-4-7-13(10)16(17)18)9-19-14-8-3-2-6-12(14)15/h2-8H,9H2,1H3. The van der Waals surface area contributed by atoms with E-state index in [2.05, 4.69) is 15.9 Å². The van der Waals surface area contributed by atoms with Gasteiger partial charge in [-0.05, 0) is 40.5 Å². The maximum atomic E-state index is 10.9. The van der Waals surface area contributed by atoms with E-state index in [0.717, 1.165) is 10.0 Å². The number of hydrogen-bond donors (Lipinski definition) is 0. The number of nitro benzene ring substituents is 1. The van der Waals surface area contributed by atoms with Gasteiger partial charge in [0.1, 0.15) is 12.4 Å². The lowest BCUT2D eigenvalue weighted by molar-refractivity contribution is -0.385. The van der Waals surface area contributed by atoms with Crippen molar-refractivity contribution in [2.45, 2.75) is 13.5 Å². The van der Waals surface area contributed by atoms with Crippen molar-refractivity contribution in [2.75, 3.05) is 0 Å². The molecule has 0 N–H and O–H groups in total. The second-order valence-corrected chi connectivity index (χ2v) is 4.89. The fraction of sp³-hybridized carbons (Fsp3) is 0.143. The zero-order valence-corrected chi connectivity index (χ0v) is 11.9. The van der Waals surface area contributed by atoms with Crippen LogP contribution in [0.4, 0.5) is 5.69 Å². The van der Waals surface area contributed by atoms with Crippen LogP contribution >= 0.6 is 15.9 Å². The van der Waals surface area contributed by atoms with Gasteiger partial charge in [0.05, 0.1) is 9.40 Å². The summed E-state index contributed by atoms with van der Waals surface area (Å²) in [5.74, 6) is 0.716. The molecule has 0 saturated carbocycles. The van der Waals surface area contributed by atoms with Gasteiger partial charge in [-0.25, -0.2) is 0 Å². The zero-order valence-electron chi connectivity index (χ0n) is 10.3. The summed E-state index contributed by atoms with van der Waals surface area (Å²) < 4.78 is 6.53. The van der Waals surface area contributed by atoms with E-state index in [9.17, 15) is 10.1 Å². The third-order valence-corrected chi connectivity index (χ3v) is 3.49. The number of nitrogens with zero attached hydrogens (tertiary/aromatic N) is 1. The maximum absolute atomic E-state index is 10.9. The van der Waals surface area contributed by atoms with Crippen molar-refractivity contribution in [3.63, 3.8) is 0 Å². The third kappa shape index (κ3) is 3.12. The first-order valence-corrected chi connectivity index (χ1v) is 6.49. The summed E-state index contributed by atoms with van der Waals surface area (Å²) in [4.78, 5) is 10.5. The van der Waals surface area contributed by atoms with Gasteiger partial charge in [-0.2, -0.15) is 0 Å². The van der Waals surface area contributed by atoms with Crippen molar-refractivity contribution in [2.24, 2.45) is 0 Å². The summed E-state index contributed by atoms with van der Waals surface area (Å²) >= 11 is 3.39. The lowest BCUT2D eigenvalue weighted by Crippen LogP contribution is -2.01. The molecule has 0 saturated heterocycles. The highest BCUT2D eigenvalue weighted by atomic mass is 79.9. The quantitative estimate of drug-likeness (QED) is 0.625. The van der Waals surface area contributed by atoms with Crippen molar-refractivity contribution in [1.82, 2.24) is 0 Å². The summed E-state index contributed by atoms with van der Waals surface area (Å²) in [5, 5.41) is 10.9. The van der Waals surface area contributed by atoms with Crippen LogP contribution in [0, 0.1) is 17.0 Å². The Hall–Kier alpha value is -1.88. The highest BCUT2D eigenvalue weighted by Gasteiger charge is 2.13. The van der Waals surface area contributed by atoms with E-state index in [-0.39, 0.29) is 10.6 Å². The van der Waals surface area contributed by atoms with Gasteiger partial charge < -0.3 is 4.74 Å². The first-order valence-electron chi connectivity index (χ1n) is 5.70. The van der Waals surface area contributed by atoms with Gasteiger partial charge in [-0.15, -0.1) is 0 Å². The van der Waals surface area contributed by atoms with E-state index < -0.39 is 0 Å². The monoisotopic (exact) mass is 321 g/mol. The van der Waals surface area contributed by atoms with E-state index in [4.69, 9.17) is 4.74 Å². The predicted octanol–water partition coefficient (Wildman–Crippen LogP) is 4.24. The van der Waals surface area contributed by atoms with E-state index in [1.165, 1.54) is 6.07 Å². The molecule has 0 radical (unpaired) electrons. The average Bonchev–Trinajstić information content (AvgIpc) is 2.39. The number of hydrogen-bond acceptors (Lipinski definition) is 3. The van der Waals surface area contributed by atoms with Gasteiger partial charge >= 0.3 is 0 Å². The molecule has 2 aromatic rings. The van der Waals surface area contributed by atoms with Crippen molar-refractivity contribution in [3.05, 3.63) is 68.2 Å². The molecule has 0 aliphatic heterocycles. The smallest absolute Gasteiger partial charge is 0.272 e. The van der Waals surface area contributed by atoms with Gasteiger partial charge in [0.15, 0.2) is 0 Å². The number of nitro groups is 1. The van der Waals surface area contributed by atoms with Crippen molar-refractivity contribution in [1.29, 1.82) is 0 Å². The molecule has 0 aliphatic carbocycles. The summed E-state index contributed by atoms with van der Waals surface area (Å²) in [7, 11) is 0. The Balaban J connectivity index is 2.19. The summed E-state index contributed by atoms with van der Waals surface area (Å²) in [6.07, 6.45) is 0. The Kier molecular flexibility index (Phi) is 4.16. The zero-order chi connectivity index (χ0) is 13.8. The molecule has 0 heterocycles. The molecule has 2 rings (SSSR count). The fourth-order valence-electron chi connectivity index (χ4n) is 1.74. The Bertz CT molecular complexity index is 613. The molecular formula is C14H12BrNO3. The normalized spacial score (nSPS) is 10.2. The second kappa shape index (κ2) is 5.84. The van der Waals surface area contributed by atoms with Gasteiger partial charge in [0.25, 0.3) is 5.69 Å². The number of para-hydroxylation sites is 1. The second-order valence-electron chi connectivity index (χ2n) is 4.04. The number of rotatable bonds is 4. The minimum absolute atomic E-state index is 0.119. The number of benzene rings is 2. The topological polar surface area (TPSA) is 52.4 Å². The van der Waals surface area contributed by atoms with E-state index in [1.807, 2.05) is 30.3 Å². The molecule has 0 aromatic heterocycles. The predicted molar refractivity (Wildman–Crippen MR) is 76.3 cm³/mol. The van der Waals surface area contributed by atoms with E-state index >= 15 is 0 Å². The molecule has 0 atom stereocenters. The lowest BCUT2D eigenvalue weighted by atomic mass is 10.1. The largest absolute Gasteiger partial charge is 0.488 e. The Morgan fingerprint density at radius 3 is 2.63 bits per heavy atom. The summed E-state index contributed by atoms with van der Waals surface area (Å²) in [6, 6.07) is 12.5. The van der Waals surface area contributed by atoms with Crippen LogP contribution < -0.4 is 4.74 Å². The molecule has 0 amide bonds. The SMILES string of the molecule is Cc1c(COc2ccccc2Br)cccc1[N+](=O)[O-]. The molecular weight excluding hydrogens is 310 g/mol. The third-order valence-electron chi connectivity index (χ3n) is 2.83. The van der Waals surface area contributed by atoms with Crippen LogP contribution in [0.25, 0.3) is 0 Å². The van der Waals surface area contributed by atoms with E-state index in [0.29, 0.717) is 17.9 Å². The van der Waals surface area contributed by atoms with E-state index in [1.54, 1.807) is 13.0 Å². The summed E-state index contributed by atoms with van der Waals surface area (Å²) in [6.45, 7) is 2.03. The van der Waals surface area contributed by atoms with Crippen LogP contribution in [0.3, 0.4) is 0 Å².